The third-order valence-electron chi connectivity index (χ3n) is 3.68. The summed E-state index contributed by atoms with van der Waals surface area (Å²) in [6.07, 6.45) is 1.87. The molecule has 0 spiro atoms. The molecule has 3 nitrogen and oxygen atoms in total. The number of aryl methyl sites for hydroxylation is 3. The van der Waals surface area contributed by atoms with Crippen LogP contribution in [0.2, 0.25) is 0 Å². The van der Waals surface area contributed by atoms with Crippen LogP contribution in [0, 0.1) is 13.8 Å². The number of ether oxygens (including phenoxy) is 1. The van der Waals surface area contributed by atoms with Crippen LogP contribution in [-0.2, 0) is 11.2 Å². The first kappa shape index (κ1) is 17.1. The van der Waals surface area contributed by atoms with Crippen LogP contribution in [0.5, 0.6) is 5.75 Å². The molecule has 2 aromatic carbocycles. The van der Waals surface area contributed by atoms with Crippen molar-refractivity contribution in [2.24, 2.45) is 0 Å². The van der Waals surface area contributed by atoms with Gasteiger partial charge in [-0.15, -0.1) is 0 Å². The maximum absolute atomic E-state index is 12.0. The van der Waals surface area contributed by atoms with E-state index in [0.29, 0.717) is 0 Å². The summed E-state index contributed by atoms with van der Waals surface area (Å²) in [6, 6.07) is 16.4. The van der Waals surface area contributed by atoms with Crippen LogP contribution >= 0.6 is 0 Å². The lowest BCUT2D eigenvalue weighted by Gasteiger charge is -2.14. The van der Waals surface area contributed by atoms with Gasteiger partial charge in [-0.1, -0.05) is 36.4 Å². The van der Waals surface area contributed by atoms with Gasteiger partial charge >= 0.3 is 0 Å². The summed E-state index contributed by atoms with van der Waals surface area (Å²) in [5.74, 6) is 0.666. The fraction of sp³-hybridized carbons (Fsp3) is 0.350. The number of rotatable bonds is 7. The number of carbonyl (C=O) groups excluding carboxylic acids is 1. The van der Waals surface area contributed by atoms with Gasteiger partial charge in [-0.3, -0.25) is 4.79 Å². The average molecular weight is 311 g/mol. The smallest absolute Gasteiger partial charge is 0.258 e. The topological polar surface area (TPSA) is 38.3 Å². The lowest BCUT2D eigenvalue weighted by Crippen LogP contribution is -2.36. The van der Waals surface area contributed by atoms with E-state index in [9.17, 15) is 4.79 Å². The second kappa shape index (κ2) is 8.37. The highest BCUT2D eigenvalue weighted by Gasteiger charge is 2.08. The quantitative estimate of drug-likeness (QED) is 0.844. The molecule has 0 heterocycles. The lowest BCUT2D eigenvalue weighted by molar-refractivity contribution is -0.123. The molecule has 0 saturated carbocycles. The van der Waals surface area contributed by atoms with Gasteiger partial charge in [0.15, 0.2) is 6.61 Å². The number of benzene rings is 2. The Morgan fingerprint density at radius 1 is 1.09 bits per heavy atom. The molecular weight excluding hydrogens is 286 g/mol. The van der Waals surface area contributed by atoms with Crippen LogP contribution in [0.25, 0.3) is 0 Å². The van der Waals surface area contributed by atoms with E-state index in [1.165, 1.54) is 5.56 Å². The van der Waals surface area contributed by atoms with Crippen LogP contribution in [0.15, 0.2) is 48.5 Å². The second-order valence-electron chi connectivity index (χ2n) is 6.10. The van der Waals surface area contributed by atoms with Crippen LogP contribution in [0.4, 0.5) is 0 Å². The monoisotopic (exact) mass is 311 g/mol. The van der Waals surface area contributed by atoms with Crippen molar-refractivity contribution in [2.45, 2.75) is 39.7 Å². The molecule has 1 N–H and O–H groups in total. The van der Waals surface area contributed by atoms with Crippen molar-refractivity contribution in [3.05, 3.63) is 65.2 Å². The number of nitrogens with one attached hydrogen (secondary N) is 1. The van der Waals surface area contributed by atoms with Gasteiger partial charge in [0.2, 0.25) is 0 Å². The highest BCUT2D eigenvalue weighted by molar-refractivity contribution is 5.77. The van der Waals surface area contributed by atoms with Gasteiger partial charge in [0, 0.05) is 6.04 Å². The van der Waals surface area contributed by atoms with Crippen LogP contribution < -0.4 is 10.1 Å². The van der Waals surface area contributed by atoms with Crippen molar-refractivity contribution in [3.8, 4) is 5.75 Å². The van der Waals surface area contributed by atoms with Gasteiger partial charge in [-0.25, -0.2) is 0 Å². The number of hydrogen-bond donors (Lipinski definition) is 1. The summed E-state index contributed by atoms with van der Waals surface area (Å²) in [7, 11) is 0. The fourth-order valence-electron chi connectivity index (χ4n) is 2.58. The maximum atomic E-state index is 12.0. The normalized spacial score (nSPS) is 11.8. The van der Waals surface area contributed by atoms with E-state index in [1.807, 2.05) is 51.1 Å². The first-order valence-electron chi connectivity index (χ1n) is 8.07. The van der Waals surface area contributed by atoms with Crippen molar-refractivity contribution in [1.29, 1.82) is 0 Å². The molecule has 0 bridgehead atoms. The molecule has 122 valence electrons. The highest BCUT2D eigenvalue weighted by atomic mass is 16.5. The Bertz CT molecular complexity index is 617. The number of carbonyl (C=O) groups is 1. The molecule has 0 aliphatic heterocycles. The number of amides is 1. The first-order chi connectivity index (χ1) is 11.0. The molecule has 2 rings (SSSR count). The second-order valence-corrected chi connectivity index (χ2v) is 6.10. The standard InChI is InChI=1S/C20H25NO2/c1-15-11-16(2)13-19(12-15)23-14-20(22)21-17(3)9-10-18-7-5-4-6-8-18/h4-8,11-13,17H,9-10,14H2,1-3H3,(H,21,22)/t17-/m1/s1. The first-order valence-corrected chi connectivity index (χ1v) is 8.07. The minimum absolute atomic E-state index is 0.0541. The summed E-state index contributed by atoms with van der Waals surface area (Å²) in [6.45, 7) is 6.12. The lowest BCUT2D eigenvalue weighted by atomic mass is 10.1. The van der Waals surface area contributed by atoms with Crippen molar-refractivity contribution < 1.29 is 9.53 Å². The highest BCUT2D eigenvalue weighted by Crippen LogP contribution is 2.16. The Morgan fingerprint density at radius 2 is 1.74 bits per heavy atom. The Hall–Kier alpha value is -2.29. The minimum atomic E-state index is -0.0790. The predicted molar refractivity (Wildman–Crippen MR) is 93.8 cm³/mol. The molecule has 0 aliphatic carbocycles. The van der Waals surface area contributed by atoms with E-state index in [2.05, 4.69) is 23.5 Å². The molecule has 0 aromatic heterocycles. The van der Waals surface area contributed by atoms with Gasteiger partial charge in [-0.05, 0) is 62.4 Å². The van der Waals surface area contributed by atoms with Gasteiger partial charge in [0.05, 0.1) is 0 Å². The molecule has 23 heavy (non-hydrogen) atoms. The summed E-state index contributed by atoms with van der Waals surface area (Å²) in [5.41, 5.74) is 3.56. The zero-order chi connectivity index (χ0) is 16.7. The van der Waals surface area contributed by atoms with Crippen molar-refractivity contribution in [2.75, 3.05) is 6.61 Å². The minimum Gasteiger partial charge on any atom is -0.484 e. The van der Waals surface area contributed by atoms with E-state index < -0.39 is 0 Å². The molecule has 0 saturated heterocycles. The predicted octanol–water partition coefficient (Wildman–Crippen LogP) is 3.82. The zero-order valence-corrected chi connectivity index (χ0v) is 14.1. The summed E-state index contributed by atoms with van der Waals surface area (Å²) < 4.78 is 5.58. The maximum Gasteiger partial charge on any atom is 0.258 e. The van der Waals surface area contributed by atoms with E-state index in [4.69, 9.17) is 4.74 Å². The summed E-state index contributed by atoms with van der Waals surface area (Å²) in [4.78, 5) is 12.0. The molecule has 0 unspecified atom stereocenters. The number of hydrogen-bond acceptors (Lipinski definition) is 2. The largest absolute Gasteiger partial charge is 0.484 e. The Kier molecular flexibility index (Phi) is 6.21. The third-order valence-corrected chi connectivity index (χ3v) is 3.68. The van der Waals surface area contributed by atoms with E-state index >= 15 is 0 Å². The molecule has 1 atom stereocenters. The summed E-state index contributed by atoms with van der Waals surface area (Å²) >= 11 is 0. The third kappa shape index (κ3) is 6.15. The van der Waals surface area contributed by atoms with E-state index in [-0.39, 0.29) is 18.6 Å². The molecule has 3 heteroatoms. The molecule has 1 amide bonds. The molecule has 0 aliphatic rings. The Morgan fingerprint density at radius 3 is 2.39 bits per heavy atom. The van der Waals surface area contributed by atoms with Crippen molar-refractivity contribution in [1.82, 2.24) is 5.32 Å². The van der Waals surface area contributed by atoms with Crippen molar-refractivity contribution in [3.63, 3.8) is 0 Å². The fourth-order valence-corrected chi connectivity index (χ4v) is 2.58. The molecule has 2 aromatic rings. The SMILES string of the molecule is Cc1cc(C)cc(OCC(=O)N[C@H](C)CCc2ccccc2)c1. The van der Waals surface area contributed by atoms with E-state index in [1.54, 1.807) is 0 Å². The van der Waals surface area contributed by atoms with Gasteiger partial charge < -0.3 is 10.1 Å². The Labute approximate surface area is 138 Å². The van der Waals surface area contributed by atoms with Crippen LogP contribution in [-0.4, -0.2) is 18.6 Å². The van der Waals surface area contributed by atoms with Gasteiger partial charge in [-0.2, -0.15) is 0 Å². The zero-order valence-electron chi connectivity index (χ0n) is 14.1. The van der Waals surface area contributed by atoms with Crippen LogP contribution in [0.1, 0.15) is 30.0 Å². The molecular formula is C20H25NO2. The van der Waals surface area contributed by atoms with Gasteiger partial charge in [0.1, 0.15) is 5.75 Å². The van der Waals surface area contributed by atoms with E-state index in [0.717, 1.165) is 29.7 Å². The molecule has 0 radical (unpaired) electrons. The molecule has 0 fully saturated rings. The summed E-state index contributed by atoms with van der Waals surface area (Å²) in [5, 5.41) is 2.99. The van der Waals surface area contributed by atoms with Crippen LogP contribution in [0.3, 0.4) is 0 Å². The van der Waals surface area contributed by atoms with Gasteiger partial charge in [0.25, 0.3) is 5.91 Å². The van der Waals surface area contributed by atoms with Crippen molar-refractivity contribution >= 4 is 5.91 Å². The average Bonchev–Trinajstić information content (AvgIpc) is 2.51. The Balaban J connectivity index is 1.73.